The van der Waals surface area contributed by atoms with Crippen LogP contribution in [0.3, 0.4) is 0 Å². The van der Waals surface area contributed by atoms with Crippen molar-refractivity contribution in [1.82, 2.24) is 0 Å². The van der Waals surface area contributed by atoms with Gasteiger partial charge in [0, 0.05) is 13.3 Å². The first-order chi connectivity index (χ1) is 6.89. The third-order valence-electron chi connectivity index (χ3n) is 2.53. The van der Waals surface area contributed by atoms with Crippen molar-refractivity contribution in [3.8, 4) is 0 Å². The lowest BCUT2D eigenvalue weighted by Gasteiger charge is -2.15. The molecule has 1 aliphatic heterocycles. The van der Waals surface area contributed by atoms with Crippen LogP contribution >= 0.6 is 0 Å². The molecule has 0 aromatic heterocycles. The summed E-state index contributed by atoms with van der Waals surface area (Å²) in [5.74, 6) is -0.449. The molecule has 0 amide bonds. The molecule has 1 aliphatic rings. The first-order valence-electron chi connectivity index (χ1n) is 5.36. The second-order valence-electron chi connectivity index (χ2n) is 4.94. The number of ether oxygens (including phenoxy) is 2. The van der Waals surface area contributed by atoms with Gasteiger partial charge in [0.2, 0.25) is 6.29 Å². The Kier molecular flexibility index (Phi) is 4.11. The van der Waals surface area contributed by atoms with E-state index in [1.54, 1.807) is 0 Å². The summed E-state index contributed by atoms with van der Waals surface area (Å²) in [6.07, 6.45) is 1.37. The Morgan fingerprint density at radius 2 is 2.33 bits per heavy atom. The molecule has 1 N–H and O–H groups in total. The molecule has 0 bridgehead atoms. The predicted molar refractivity (Wildman–Crippen MR) is 55.1 cm³/mol. The largest absolute Gasteiger partial charge is 0.436 e. The SMILES string of the molecule is CC(=O)OC(O)CCC1CC(C)(C)CO1. The smallest absolute Gasteiger partial charge is 0.304 e. The summed E-state index contributed by atoms with van der Waals surface area (Å²) in [5, 5.41) is 9.31. The van der Waals surface area contributed by atoms with E-state index in [9.17, 15) is 9.90 Å². The average molecular weight is 216 g/mol. The number of aliphatic hydroxyl groups is 1. The van der Waals surface area contributed by atoms with Gasteiger partial charge in [0.1, 0.15) is 0 Å². The number of carbonyl (C=O) groups is 1. The Hall–Kier alpha value is -0.610. The highest BCUT2D eigenvalue weighted by atomic mass is 16.6. The van der Waals surface area contributed by atoms with E-state index in [2.05, 4.69) is 18.6 Å². The second kappa shape index (κ2) is 4.94. The van der Waals surface area contributed by atoms with Crippen LogP contribution in [0, 0.1) is 5.41 Å². The molecule has 1 fully saturated rings. The fourth-order valence-electron chi connectivity index (χ4n) is 1.84. The maximum absolute atomic E-state index is 10.5. The van der Waals surface area contributed by atoms with Gasteiger partial charge in [-0.15, -0.1) is 0 Å². The predicted octanol–water partition coefficient (Wildman–Crippen LogP) is 1.46. The van der Waals surface area contributed by atoms with Gasteiger partial charge in [-0.25, -0.2) is 0 Å². The lowest BCUT2D eigenvalue weighted by molar-refractivity contribution is -0.166. The molecule has 88 valence electrons. The van der Waals surface area contributed by atoms with Crippen molar-refractivity contribution in [2.75, 3.05) is 6.61 Å². The first-order valence-corrected chi connectivity index (χ1v) is 5.36. The molecule has 1 heterocycles. The summed E-state index contributed by atoms with van der Waals surface area (Å²) >= 11 is 0. The van der Waals surface area contributed by atoms with Crippen molar-refractivity contribution in [2.24, 2.45) is 5.41 Å². The van der Waals surface area contributed by atoms with E-state index < -0.39 is 12.3 Å². The van der Waals surface area contributed by atoms with Crippen molar-refractivity contribution >= 4 is 5.97 Å². The zero-order valence-electron chi connectivity index (χ0n) is 9.66. The highest BCUT2D eigenvalue weighted by Crippen LogP contribution is 2.33. The van der Waals surface area contributed by atoms with E-state index in [1.165, 1.54) is 6.92 Å². The van der Waals surface area contributed by atoms with Crippen LogP contribution in [0.1, 0.15) is 40.0 Å². The number of carbonyl (C=O) groups excluding carboxylic acids is 1. The van der Waals surface area contributed by atoms with Gasteiger partial charge in [0.05, 0.1) is 12.7 Å². The van der Waals surface area contributed by atoms with Gasteiger partial charge in [-0.3, -0.25) is 4.79 Å². The Morgan fingerprint density at radius 3 is 2.80 bits per heavy atom. The van der Waals surface area contributed by atoms with Crippen LogP contribution in [0.15, 0.2) is 0 Å². The van der Waals surface area contributed by atoms with E-state index in [0.717, 1.165) is 19.4 Å². The molecule has 1 rings (SSSR count). The minimum absolute atomic E-state index is 0.185. The fraction of sp³-hybridized carbons (Fsp3) is 0.909. The highest BCUT2D eigenvalue weighted by Gasteiger charge is 2.31. The van der Waals surface area contributed by atoms with E-state index in [0.29, 0.717) is 6.42 Å². The molecule has 15 heavy (non-hydrogen) atoms. The highest BCUT2D eigenvalue weighted by molar-refractivity contribution is 5.65. The van der Waals surface area contributed by atoms with Crippen molar-refractivity contribution < 1.29 is 19.4 Å². The topological polar surface area (TPSA) is 55.8 Å². The maximum atomic E-state index is 10.5. The number of rotatable bonds is 4. The molecule has 0 aliphatic carbocycles. The van der Waals surface area contributed by atoms with E-state index in [1.807, 2.05) is 0 Å². The van der Waals surface area contributed by atoms with E-state index >= 15 is 0 Å². The summed E-state index contributed by atoms with van der Waals surface area (Å²) in [7, 11) is 0. The second-order valence-corrected chi connectivity index (χ2v) is 4.94. The van der Waals surface area contributed by atoms with Gasteiger partial charge < -0.3 is 14.6 Å². The Balaban J connectivity index is 2.18. The number of hydrogen-bond donors (Lipinski definition) is 1. The molecule has 2 unspecified atom stereocenters. The van der Waals surface area contributed by atoms with E-state index in [4.69, 9.17) is 4.74 Å². The van der Waals surface area contributed by atoms with Gasteiger partial charge in [-0.2, -0.15) is 0 Å². The average Bonchev–Trinajstić information content (AvgIpc) is 2.41. The quantitative estimate of drug-likeness (QED) is 0.571. The molecular formula is C11H20O4. The Morgan fingerprint density at radius 1 is 1.67 bits per heavy atom. The molecule has 0 aromatic rings. The zero-order valence-corrected chi connectivity index (χ0v) is 9.66. The lowest BCUT2D eigenvalue weighted by atomic mass is 9.89. The normalized spacial score (nSPS) is 26.3. The monoisotopic (exact) mass is 216 g/mol. The fourth-order valence-corrected chi connectivity index (χ4v) is 1.84. The van der Waals surface area contributed by atoms with Gasteiger partial charge in [-0.05, 0) is 18.3 Å². The number of aliphatic hydroxyl groups excluding tert-OH is 1. The lowest BCUT2D eigenvalue weighted by Crippen LogP contribution is -2.18. The molecule has 1 saturated heterocycles. The Bertz CT molecular complexity index is 225. The van der Waals surface area contributed by atoms with Crippen LogP contribution in [0.25, 0.3) is 0 Å². The molecule has 4 nitrogen and oxygen atoms in total. The molecule has 2 atom stereocenters. The number of hydrogen-bond acceptors (Lipinski definition) is 4. The third-order valence-corrected chi connectivity index (χ3v) is 2.53. The van der Waals surface area contributed by atoms with Crippen LogP contribution in [0.4, 0.5) is 0 Å². The van der Waals surface area contributed by atoms with Crippen LogP contribution in [0.2, 0.25) is 0 Å². The van der Waals surface area contributed by atoms with Crippen LogP contribution in [0.5, 0.6) is 0 Å². The standard InChI is InChI=1S/C11H20O4/c1-8(12)15-10(13)5-4-9-6-11(2,3)7-14-9/h9-10,13H,4-7H2,1-3H3. The summed E-state index contributed by atoms with van der Waals surface area (Å²) in [5.41, 5.74) is 0.233. The summed E-state index contributed by atoms with van der Waals surface area (Å²) in [6, 6.07) is 0. The molecule has 0 aromatic carbocycles. The Labute approximate surface area is 90.6 Å². The van der Waals surface area contributed by atoms with Crippen molar-refractivity contribution in [3.63, 3.8) is 0 Å². The van der Waals surface area contributed by atoms with Crippen LogP contribution < -0.4 is 0 Å². The van der Waals surface area contributed by atoms with E-state index in [-0.39, 0.29) is 11.5 Å². The zero-order chi connectivity index (χ0) is 11.5. The minimum Gasteiger partial charge on any atom is -0.436 e. The van der Waals surface area contributed by atoms with Crippen molar-refractivity contribution in [1.29, 1.82) is 0 Å². The van der Waals surface area contributed by atoms with Gasteiger partial charge >= 0.3 is 5.97 Å². The summed E-state index contributed by atoms with van der Waals surface area (Å²) in [4.78, 5) is 10.5. The van der Waals surface area contributed by atoms with Gasteiger partial charge in [-0.1, -0.05) is 13.8 Å². The molecular weight excluding hydrogens is 196 g/mol. The number of esters is 1. The van der Waals surface area contributed by atoms with Crippen molar-refractivity contribution in [3.05, 3.63) is 0 Å². The molecule has 0 radical (unpaired) electrons. The first kappa shape index (κ1) is 12.5. The van der Waals surface area contributed by atoms with Crippen LogP contribution in [-0.2, 0) is 14.3 Å². The minimum atomic E-state index is -0.991. The van der Waals surface area contributed by atoms with Gasteiger partial charge in [0.15, 0.2) is 0 Å². The molecule has 4 heteroatoms. The maximum Gasteiger partial charge on any atom is 0.304 e. The molecule has 0 saturated carbocycles. The van der Waals surface area contributed by atoms with Crippen molar-refractivity contribution in [2.45, 2.75) is 52.4 Å². The van der Waals surface area contributed by atoms with Crippen LogP contribution in [-0.4, -0.2) is 30.1 Å². The third kappa shape index (κ3) is 4.62. The summed E-state index contributed by atoms with van der Waals surface area (Å²) in [6.45, 7) is 6.38. The molecule has 0 spiro atoms. The van der Waals surface area contributed by atoms with Gasteiger partial charge in [0.25, 0.3) is 0 Å². The summed E-state index contributed by atoms with van der Waals surface area (Å²) < 4.78 is 10.2.